The van der Waals surface area contributed by atoms with Crippen LogP contribution >= 0.6 is 11.6 Å². The minimum Gasteiger partial charge on any atom is -0.493 e. The predicted octanol–water partition coefficient (Wildman–Crippen LogP) is 1.49. The molecule has 0 amide bonds. The molecule has 6 nitrogen and oxygen atoms in total. The lowest BCUT2D eigenvalue weighted by Crippen LogP contribution is -2.23. The van der Waals surface area contributed by atoms with E-state index in [0.29, 0.717) is 4.57 Å². The number of imidazole rings is 1. The molecule has 0 radical (unpaired) electrons. The Kier molecular flexibility index (Phi) is 2.96. The van der Waals surface area contributed by atoms with Crippen LogP contribution in [0, 0.1) is 5.82 Å². The molecule has 1 aromatic carbocycles. The summed E-state index contributed by atoms with van der Waals surface area (Å²) in [5.41, 5.74) is -1.10. The molecular formula is C12H8ClFN2O4S. The molecule has 21 heavy (non-hydrogen) atoms. The first-order valence-corrected chi connectivity index (χ1v) is 7.81. The van der Waals surface area contributed by atoms with Crippen LogP contribution in [-0.2, 0) is 15.6 Å². The topological polar surface area (TPSA) is 81.3 Å². The number of sulfone groups is 1. The molecule has 1 aliphatic heterocycles. The first-order chi connectivity index (χ1) is 9.80. The average molecular weight is 331 g/mol. The molecule has 1 aromatic heterocycles. The van der Waals surface area contributed by atoms with Crippen molar-refractivity contribution in [2.24, 2.45) is 0 Å². The number of rotatable bonds is 1. The van der Waals surface area contributed by atoms with Crippen LogP contribution in [0.2, 0.25) is 5.02 Å². The third-order valence-electron chi connectivity index (χ3n) is 3.06. The fourth-order valence-corrected chi connectivity index (χ4v) is 3.32. The van der Waals surface area contributed by atoms with E-state index in [0.717, 1.165) is 22.2 Å². The summed E-state index contributed by atoms with van der Waals surface area (Å²) in [5, 5.41) is 11.1. The third-order valence-corrected chi connectivity index (χ3v) is 4.51. The maximum Gasteiger partial charge on any atom is 0.340 e. The smallest absolute Gasteiger partial charge is 0.340 e. The Bertz CT molecular complexity index is 943. The molecule has 3 rings (SSSR count). The second-order valence-electron chi connectivity index (χ2n) is 4.45. The second-order valence-corrected chi connectivity index (χ2v) is 6.77. The fraction of sp³-hybridized carbons (Fsp3) is 0.0833. The van der Waals surface area contributed by atoms with Crippen molar-refractivity contribution in [3.8, 4) is 11.6 Å². The highest BCUT2D eigenvalue weighted by atomic mass is 35.5. The molecule has 0 unspecified atom stereocenters. The molecule has 0 spiro atoms. The summed E-state index contributed by atoms with van der Waals surface area (Å²) in [7, 11) is -3.55. The summed E-state index contributed by atoms with van der Waals surface area (Å²) < 4.78 is 38.6. The van der Waals surface area contributed by atoms with E-state index >= 15 is 0 Å². The molecular weight excluding hydrogens is 323 g/mol. The first kappa shape index (κ1) is 13.9. The van der Waals surface area contributed by atoms with Gasteiger partial charge >= 0.3 is 5.69 Å². The van der Waals surface area contributed by atoms with Crippen molar-refractivity contribution >= 4 is 27.6 Å². The van der Waals surface area contributed by atoms with Gasteiger partial charge in [-0.1, -0.05) is 11.6 Å². The van der Waals surface area contributed by atoms with Crippen LogP contribution in [0.25, 0.3) is 11.9 Å². The number of hydrogen-bond acceptors (Lipinski definition) is 4. The Labute approximate surface area is 123 Å². The summed E-state index contributed by atoms with van der Waals surface area (Å²) in [6.45, 7) is 0. The van der Waals surface area contributed by atoms with Gasteiger partial charge in [0.25, 0.3) is 0 Å². The predicted molar refractivity (Wildman–Crippen MR) is 74.6 cm³/mol. The van der Waals surface area contributed by atoms with Gasteiger partial charge in [-0.05, 0) is 18.2 Å². The molecule has 0 aliphatic carbocycles. The van der Waals surface area contributed by atoms with Crippen LogP contribution in [0.4, 0.5) is 4.39 Å². The summed E-state index contributed by atoms with van der Waals surface area (Å²) in [6.07, 6.45) is 1.03. The van der Waals surface area contributed by atoms with E-state index < -0.39 is 33.0 Å². The SMILES string of the molecule is O=c1n2c(c(O)n1-c1ccc(Cl)cc1F)CS(=O)(=O)C=C2. The van der Waals surface area contributed by atoms with Crippen LogP contribution in [0.5, 0.6) is 5.88 Å². The van der Waals surface area contributed by atoms with E-state index in [1.807, 2.05) is 0 Å². The summed E-state index contributed by atoms with van der Waals surface area (Å²) in [4.78, 5) is 12.2. The lowest BCUT2D eigenvalue weighted by atomic mass is 10.3. The van der Waals surface area contributed by atoms with Gasteiger partial charge in [0, 0.05) is 16.6 Å². The summed E-state index contributed by atoms with van der Waals surface area (Å²) in [5.74, 6) is -1.96. The van der Waals surface area contributed by atoms with Crippen LogP contribution in [-0.4, -0.2) is 22.7 Å². The molecule has 2 heterocycles. The molecule has 110 valence electrons. The number of aromatic nitrogens is 2. The third kappa shape index (κ3) is 2.16. The zero-order chi connectivity index (χ0) is 15.4. The second kappa shape index (κ2) is 4.47. The van der Waals surface area contributed by atoms with Gasteiger partial charge in [-0.3, -0.25) is 4.57 Å². The molecule has 0 saturated carbocycles. The van der Waals surface area contributed by atoms with E-state index in [9.17, 15) is 22.7 Å². The average Bonchev–Trinajstić information content (AvgIpc) is 2.61. The number of nitrogens with zero attached hydrogens (tertiary/aromatic N) is 2. The maximum atomic E-state index is 13.9. The lowest BCUT2D eigenvalue weighted by molar-refractivity contribution is 0.433. The van der Waals surface area contributed by atoms with Crippen molar-refractivity contribution < 1.29 is 17.9 Å². The van der Waals surface area contributed by atoms with Gasteiger partial charge in [-0.15, -0.1) is 0 Å². The minimum absolute atomic E-state index is 0.114. The molecule has 1 aliphatic rings. The Morgan fingerprint density at radius 1 is 1.33 bits per heavy atom. The van der Waals surface area contributed by atoms with Crippen LogP contribution in [0.3, 0.4) is 0 Å². The number of hydrogen-bond donors (Lipinski definition) is 1. The zero-order valence-corrected chi connectivity index (χ0v) is 11.9. The molecule has 2 aromatic rings. The van der Waals surface area contributed by atoms with Crippen LogP contribution in [0.1, 0.15) is 5.69 Å². The summed E-state index contributed by atoms with van der Waals surface area (Å²) in [6, 6.07) is 3.57. The van der Waals surface area contributed by atoms with E-state index in [2.05, 4.69) is 0 Å². The summed E-state index contributed by atoms with van der Waals surface area (Å²) >= 11 is 5.64. The van der Waals surface area contributed by atoms with Gasteiger partial charge in [-0.2, -0.15) is 0 Å². The highest BCUT2D eigenvalue weighted by molar-refractivity contribution is 7.93. The Hall–Kier alpha value is -2.06. The van der Waals surface area contributed by atoms with Gasteiger partial charge in [0.1, 0.15) is 17.3 Å². The monoisotopic (exact) mass is 330 g/mol. The van der Waals surface area contributed by atoms with Crippen LogP contribution < -0.4 is 5.69 Å². The molecule has 0 fully saturated rings. The quantitative estimate of drug-likeness (QED) is 0.859. The van der Waals surface area contributed by atoms with Crippen molar-refractivity contribution in [1.29, 1.82) is 0 Å². The van der Waals surface area contributed by atoms with Crippen molar-refractivity contribution in [1.82, 2.24) is 9.13 Å². The zero-order valence-electron chi connectivity index (χ0n) is 10.3. The van der Waals surface area contributed by atoms with E-state index in [1.165, 1.54) is 12.1 Å². The standard InChI is InChI=1S/C12H8ClFN2O4S/c13-7-1-2-9(8(14)5-7)16-11(17)10-6-21(19,20)4-3-15(10)12(16)18/h1-5,17H,6H2. The van der Waals surface area contributed by atoms with Gasteiger partial charge in [0.05, 0.1) is 5.69 Å². The van der Waals surface area contributed by atoms with Gasteiger partial charge < -0.3 is 5.11 Å². The fourth-order valence-electron chi connectivity index (χ4n) is 2.11. The minimum atomic E-state index is -3.55. The number of aromatic hydroxyl groups is 1. The number of halogens is 2. The Morgan fingerprint density at radius 3 is 2.71 bits per heavy atom. The molecule has 1 N–H and O–H groups in total. The van der Waals surface area contributed by atoms with Gasteiger partial charge in [0.2, 0.25) is 5.88 Å². The van der Waals surface area contributed by atoms with Crippen molar-refractivity contribution in [2.75, 3.05) is 0 Å². The maximum absolute atomic E-state index is 13.9. The normalized spacial score (nSPS) is 15.9. The number of benzene rings is 1. The number of fused-ring (bicyclic) bond motifs is 1. The highest BCUT2D eigenvalue weighted by Crippen LogP contribution is 2.27. The van der Waals surface area contributed by atoms with E-state index in [-0.39, 0.29) is 16.4 Å². The molecule has 0 bridgehead atoms. The Morgan fingerprint density at radius 2 is 2.05 bits per heavy atom. The Balaban J connectivity index is 2.30. The molecule has 9 heteroatoms. The van der Waals surface area contributed by atoms with E-state index in [1.54, 1.807) is 0 Å². The van der Waals surface area contributed by atoms with Crippen molar-refractivity contribution in [3.63, 3.8) is 0 Å². The van der Waals surface area contributed by atoms with Crippen LogP contribution in [0.15, 0.2) is 28.4 Å². The highest BCUT2D eigenvalue weighted by Gasteiger charge is 2.27. The van der Waals surface area contributed by atoms with Gasteiger partial charge in [0.15, 0.2) is 9.84 Å². The largest absolute Gasteiger partial charge is 0.493 e. The molecule has 0 saturated heterocycles. The molecule has 0 atom stereocenters. The lowest BCUT2D eigenvalue weighted by Gasteiger charge is -2.07. The van der Waals surface area contributed by atoms with E-state index in [4.69, 9.17) is 11.6 Å². The van der Waals surface area contributed by atoms with Crippen molar-refractivity contribution in [2.45, 2.75) is 5.75 Å². The first-order valence-electron chi connectivity index (χ1n) is 5.71. The van der Waals surface area contributed by atoms with Gasteiger partial charge in [-0.25, -0.2) is 22.2 Å². The van der Waals surface area contributed by atoms with Crippen molar-refractivity contribution in [3.05, 3.63) is 50.6 Å².